The number of hydrogen-bond donors (Lipinski definition) is 2. The van der Waals surface area contributed by atoms with Crippen LogP contribution < -0.4 is 11.3 Å². The van der Waals surface area contributed by atoms with Gasteiger partial charge in [-0.3, -0.25) is 16.0 Å². The van der Waals surface area contributed by atoms with E-state index < -0.39 is 4.92 Å². The summed E-state index contributed by atoms with van der Waals surface area (Å²) in [5.74, 6) is 5.22. The second-order valence-corrected chi connectivity index (χ2v) is 3.30. The highest BCUT2D eigenvalue weighted by molar-refractivity contribution is 5.61. The minimum absolute atomic E-state index is 0.0619. The molecule has 0 bridgehead atoms. The van der Waals surface area contributed by atoms with E-state index in [0.29, 0.717) is 19.8 Å². The quantitative estimate of drug-likeness (QED) is 0.320. The predicted octanol–water partition coefficient (Wildman–Crippen LogP) is 1.04. The van der Waals surface area contributed by atoms with Gasteiger partial charge in [-0.1, -0.05) is 0 Å². The number of ether oxygens (including phenoxy) is 2. The standard InChI is InChI=1S/C10H15N3O4/c1-16-4-5-17-7-8-2-3-10(13(14)15)9(6-8)12-11/h2-3,6,12H,4-5,7,11H2,1H3. The van der Waals surface area contributed by atoms with Gasteiger partial charge in [0.15, 0.2) is 0 Å². The first-order valence-corrected chi connectivity index (χ1v) is 4.99. The molecule has 94 valence electrons. The summed E-state index contributed by atoms with van der Waals surface area (Å²) in [6, 6.07) is 4.61. The van der Waals surface area contributed by atoms with E-state index in [9.17, 15) is 10.1 Å². The fraction of sp³-hybridized carbons (Fsp3) is 0.400. The van der Waals surface area contributed by atoms with Gasteiger partial charge in [-0.15, -0.1) is 0 Å². The summed E-state index contributed by atoms with van der Waals surface area (Å²) in [6.07, 6.45) is 0. The highest BCUT2D eigenvalue weighted by Gasteiger charge is 2.12. The molecule has 0 aliphatic carbocycles. The molecular formula is C10H15N3O4. The first-order chi connectivity index (χ1) is 8.19. The first kappa shape index (κ1) is 13.4. The molecule has 0 unspecified atom stereocenters. The lowest BCUT2D eigenvalue weighted by Crippen LogP contribution is -2.10. The van der Waals surface area contributed by atoms with Crippen molar-refractivity contribution in [2.75, 3.05) is 25.7 Å². The van der Waals surface area contributed by atoms with Crippen LogP contribution in [0.2, 0.25) is 0 Å². The summed E-state index contributed by atoms with van der Waals surface area (Å²) in [5.41, 5.74) is 3.31. The molecule has 0 saturated carbocycles. The lowest BCUT2D eigenvalue weighted by Gasteiger charge is -2.06. The maximum absolute atomic E-state index is 10.7. The molecule has 0 atom stereocenters. The Hall–Kier alpha value is -1.70. The Morgan fingerprint density at radius 3 is 2.82 bits per heavy atom. The van der Waals surface area contributed by atoms with E-state index in [0.717, 1.165) is 5.56 Å². The van der Waals surface area contributed by atoms with Crippen LogP contribution in [0.15, 0.2) is 18.2 Å². The number of benzene rings is 1. The molecule has 0 spiro atoms. The van der Waals surface area contributed by atoms with Crippen molar-refractivity contribution in [2.24, 2.45) is 5.84 Å². The van der Waals surface area contributed by atoms with Crippen molar-refractivity contribution >= 4 is 11.4 Å². The molecule has 1 rings (SSSR count). The molecule has 0 aliphatic rings. The number of nitrogen functional groups attached to an aromatic ring is 1. The van der Waals surface area contributed by atoms with Gasteiger partial charge in [0.05, 0.1) is 24.7 Å². The van der Waals surface area contributed by atoms with Crippen LogP contribution in [0.1, 0.15) is 5.56 Å². The smallest absolute Gasteiger partial charge is 0.293 e. The molecule has 3 N–H and O–H groups in total. The zero-order chi connectivity index (χ0) is 12.7. The van der Waals surface area contributed by atoms with Crippen LogP contribution in [0.5, 0.6) is 0 Å². The van der Waals surface area contributed by atoms with E-state index in [1.54, 1.807) is 19.2 Å². The van der Waals surface area contributed by atoms with Crippen molar-refractivity contribution in [3.8, 4) is 0 Å². The molecule has 7 heteroatoms. The number of rotatable bonds is 7. The Bertz CT molecular complexity index is 384. The first-order valence-electron chi connectivity index (χ1n) is 4.99. The number of nitro benzene ring substituents is 1. The summed E-state index contributed by atoms with van der Waals surface area (Å²) in [4.78, 5) is 10.2. The average Bonchev–Trinajstić information content (AvgIpc) is 2.34. The predicted molar refractivity (Wildman–Crippen MR) is 62.4 cm³/mol. The van der Waals surface area contributed by atoms with E-state index in [-0.39, 0.29) is 11.4 Å². The maximum atomic E-state index is 10.7. The summed E-state index contributed by atoms with van der Waals surface area (Å²) in [5, 5.41) is 10.7. The van der Waals surface area contributed by atoms with Gasteiger partial charge in [-0.25, -0.2) is 0 Å². The van der Waals surface area contributed by atoms with Crippen molar-refractivity contribution in [1.29, 1.82) is 0 Å². The molecule has 0 amide bonds. The summed E-state index contributed by atoms with van der Waals surface area (Å²) in [6.45, 7) is 1.34. The van der Waals surface area contributed by atoms with Crippen molar-refractivity contribution in [3.05, 3.63) is 33.9 Å². The number of nitrogens with zero attached hydrogens (tertiary/aromatic N) is 1. The Kier molecular flexibility index (Phi) is 5.34. The molecule has 0 aliphatic heterocycles. The molecular weight excluding hydrogens is 226 g/mol. The minimum Gasteiger partial charge on any atom is -0.382 e. The number of nitro groups is 1. The fourth-order valence-electron chi connectivity index (χ4n) is 1.28. The van der Waals surface area contributed by atoms with Gasteiger partial charge >= 0.3 is 0 Å². The average molecular weight is 241 g/mol. The summed E-state index contributed by atoms with van der Waals surface area (Å²) in [7, 11) is 1.59. The van der Waals surface area contributed by atoms with E-state index in [4.69, 9.17) is 15.3 Å². The lowest BCUT2D eigenvalue weighted by molar-refractivity contribution is -0.384. The largest absolute Gasteiger partial charge is 0.382 e. The van der Waals surface area contributed by atoms with Crippen molar-refractivity contribution in [1.82, 2.24) is 0 Å². The van der Waals surface area contributed by atoms with Crippen LogP contribution >= 0.6 is 0 Å². The monoisotopic (exact) mass is 241 g/mol. The van der Waals surface area contributed by atoms with Crippen LogP contribution in [0.25, 0.3) is 0 Å². The van der Waals surface area contributed by atoms with Gasteiger partial charge in [0.25, 0.3) is 5.69 Å². The molecule has 0 heterocycles. The SMILES string of the molecule is COCCOCc1ccc([N+](=O)[O-])c(NN)c1. The van der Waals surface area contributed by atoms with E-state index in [1.165, 1.54) is 6.07 Å². The number of anilines is 1. The van der Waals surface area contributed by atoms with Crippen LogP contribution in [0.3, 0.4) is 0 Å². The zero-order valence-corrected chi connectivity index (χ0v) is 9.51. The second-order valence-electron chi connectivity index (χ2n) is 3.30. The second kappa shape index (κ2) is 6.79. The molecule has 0 saturated heterocycles. The van der Waals surface area contributed by atoms with Crippen molar-refractivity contribution in [2.45, 2.75) is 6.61 Å². The Morgan fingerprint density at radius 2 is 2.24 bits per heavy atom. The van der Waals surface area contributed by atoms with Crippen LogP contribution in [-0.2, 0) is 16.1 Å². The normalized spacial score (nSPS) is 10.2. The van der Waals surface area contributed by atoms with Gasteiger partial charge in [0.1, 0.15) is 5.69 Å². The number of methoxy groups -OCH3 is 1. The van der Waals surface area contributed by atoms with Gasteiger partial charge < -0.3 is 14.9 Å². The molecule has 17 heavy (non-hydrogen) atoms. The topological polar surface area (TPSA) is 99.6 Å². The van der Waals surface area contributed by atoms with Crippen molar-refractivity contribution in [3.63, 3.8) is 0 Å². The number of nitrogens with two attached hydrogens (primary N) is 1. The van der Waals surface area contributed by atoms with Crippen LogP contribution in [0, 0.1) is 10.1 Å². The Balaban J connectivity index is 2.66. The van der Waals surface area contributed by atoms with Gasteiger partial charge in [0, 0.05) is 13.2 Å². The van der Waals surface area contributed by atoms with E-state index >= 15 is 0 Å². The molecule has 0 fully saturated rings. The van der Waals surface area contributed by atoms with E-state index in [2.05, 4.69) is 5.43 Å². The Morgan fingerprint density at radius 1 is 1.47 bits per heavy atom. The van der Waals surface area contributed by atoms with Crippen LogP contribution in [-0.4, -0.2) is 25.2 Å². The van der Waals surface area contributed by atoms with Crippen molar-refractivity contribution < 1.29 is 14.4 Å². The molecule has 0 radical (unpaired) electrons. The molecule has 1 aromatic rings. The maximum Gasteiger partial charge on any atom is 0.293 e. The van der Waals surface area contributed by atoms with Gasteiger partial charge in [0.2, 0.25) is 0 Å². The summed E-state index contributed by atoms with van der Waals surface area (Å²) >= 11 is 0. The third-order valence-corrected chi connectivity index (χ3v) is 2.11. The van der Waals surface area contributed by atoms with Gasteiger partial charge in [-0.05, 0) is 17.7 Å². The highest BCUT2D eigenvalue weighted by atomic mass is 16.6. The molecule has 0 aromatic heterocycles. The Labute approximate surface area is 98.6 Å². The van der Waals surface area contributed by atoms with Crippen LogP contribution in [0.4, 0.5) is 11.4 Å². The molecule has 7 nitrogen and oxygen atoms in total. The third-order valence-electron chi connectivity index (χ3n) is 2.11. The number of hydrogen-bond acceptors (Lipinski definition) is 6. The van der Waals surface area contributed by atoms with Gasteiger partial charge in [-0.2, -0.15) is 0 Å². The highest BCUT2D eigenvalue weighted by Crippen LogP contribution is 2.24. The number of nitrogens with one attached hydrogen (secondary N) is 1. The van der Waals surface area contributed by atoms with E-state index in [1.807, 2.05) is 0 Å². The third kappa shape index (κ3) is 3.99. The zero-order valence-electron chi connectivity index (χ0n) is 9.51. The minimum atomic E-state index is -0.495. The molecule has 1 aromatic carbocycles. The fourth-order valence-corrected chi connectivity index (χ4v) is 1.28. The number of hydrazine groups is 1. The summed E-state index contributed by atoms with van der Waals surface area (Å²) < 4.78 is 10.1. The lowest BCUT2D eigenvalue weighted by atomic mass is 10.2.